The van der Waals surface area contributed by atoms with Gasteiger partial charge in [-0.3, -0.25) is 9.36 Å². The average Bonchev–Trinajstić information content (AvgIpc) is 2.84. The lowest BCUT2D eigenvalue weighted by Crippen LogP contribution is -2.24. The Hall–Kier alpha value is -3.69. The molecule has 0 radical (unpaired) electrons. The Kier molecular flexibility index (Phi) is 7.12. The standard InChI is InChI=1S/C27H25ClF2N4O3/c1-14-6-7-17(21-8-9-31-26(33-21)27(4,5)36)11-22(14)34-16(3)32-24(23(28)25(34)35)37-13-18-10-15(2)19(29)12-20(18)30/h6-12,36H,13H2,1-5H3. The fourth-order valence-electron chi connectivity index (χ4n) is 3.76. The molecule has 10 heteroatoms. The number of ether oxygens (including phenoxy) is 1. The molecule has 37 heavy (non-hydrogen) atoms. The predicted molar refractivity (Wildman–Crippen MR) is 136 cm³/mol. The summed E-state index contributed by atoms with van der Waals surface area (Å²) in [6.07, 6.45) is 1.56. The highest BCUT2D eigenvalue weighted by Crippen LogP contribution is 2.27. The van der Waals surface area contributed by atoms with Crippen molar-refractivity contribution in [3.8, 4) is 22.8 Å². The van der Waals surface area contributed by atoms with Crippen LogP contribution in [0.4, 0.5) is 8.78 Å². The number of halogens is 3. The van der Waals surface area contributed by atoms with Crippen molar-refractivity contribution in [2.24, 2.45) is 0 Å². The zero-order valence-corrected chi connectivity index (χ0v) is 21.7. The number of aliphatic hydroxyl groups is 1. The molecule has 0 unspecified atom stereocenters. The van der Waals surface area contributed by atoms with Gasteiger partial charge in [0.1, 0.15) is 29.7 Å². The van der Waals surface area contributed by atoms with Gasteiger partial charge in [-0.05, 0) is 63.9 Å². The molecular formula is C27H25ClF2N4O3. The monoisotopic (exact) mass is 526 g/mol. The molecule has 0 aliphatic rings. The van der Waals surface area contributed by atoms with Crippen molar-refractivity contribution < 1.29 is 18.6 Å². The van der Waals surface area contributed by atoms with Gasteiger partial charge in [-0.25, -0.2) is 18.7 Å². The predicted octanol–water partition coefficient (Wildman–Crippen LogP) is 5.35. The first-order valence-corrected chi connectivity index (χ1v) is 11.8. The second kappa shape index (κ2) is 9.99. The second-order valence-corrected chi connectivity index (χ2v) is 9.60. The van der Waals surface area contributed by atoms with Crippen molar-refractivity contribution >= 4 is 11.6 Å². The molecule has 2 aromatic carbocycles. The molecule has 0 aliphatic carbocycles. The van der Waals surface area contributed by atoms with E-state index in [1.165, 1.54) is 17.6 Å². The molecule has 2 aromatic heterocycles. The van der Waals surface area contributed by atoms with Crippen molar-refractivity contribution in [1.82, 2.24) is 19.5 Å². The van der Waals surface area contributed by atoms with Crippen LogP contribution in [-0.4, -0.2) is 24.6 Å². The van der Waals surface area contributed by atoms with E-state index in [1.54, 1.807) is 39.1 Å². The Morgan fingerprint density at radius 1 is 1.03 bits per heavy atom. The lowest BCUT2D eigenvalue weighted by Gasteiger charge is -2.17. The summed E-state index contributed by atoms with van der Waals surface area (Å²) in [6, 6.07) is 9.28. The van der Waals surface area contributed by atoms with Gasteiger partial charge in [-0.15, -0.1) is 0 Å². The third kappa shape index (κ3) is 5.38. The molecule has 4 rings (SSSR count). The fourth-order valence-corrected chi connectivity index (χ4v) is 3.94. The van der Waals surface area contributed by atoms with Gasteiger partial charge in [0.25, 0.3) is 5.56 Å². The number of aromatic nitrogens is 4. The summed E-state index contributed by atoms with van der Waals surface area (Å²) in [4.78, 5) is 26.2. The third-order valence-corrected chi connectivity index (χ3v) is 6.13. The lowest BCUT2D eigenvalue weighted by molar-refractivity contribution is 0.0688. The number of hydrogen-bond donors (Lipinski definition) is 1. The minimum Gasteiger partial charge on any atom is -0.471 e. The summed E-state index contributed by atoms with van der Waals surface area (Å²) in [5.74, 6) is -1.03. The van der Waals surface area contributed by atoms with Crippen molar-refractivity contribution in [1.29, 1.82) is 0 Å². The molecule has 1 N–H and O–H groups in total. The average molecular weight is 527 g/mol. The highest BCUT2D eigenvalue weighted by atomic mass is 35.5. The van der Waals surface area contributed by atoms with E-state index < -0.39 is 22.8 Å². The van der Waals surface area contributed by atoms with E-state index in [2.05, 4.69) is 15.0 Å². The minimum atomic E-state index is -1.22. The van der Waals surface area contributed by atoms with Crippen LogP contribution in [0.1, 0.15) is 42.2 Å². The number of nitrogens with zero attached hydrogens (tertiary/aromatic N) is 4. The zero-order chi connectivity index (χ0) is 27.1. The lowest BCUT2D eigenvalue weighted by atomic mass is 10.1. The first-order chi connectivity index (χ1) is 17.4. The maximum absolute atomic E-state index is 14.1. The van der Waals surface area contributed by atoms with Gasteiger partial charge in [0.2, 0.25) is 5.88 Å². The van der Waals surface area contributed by atoms with Gasteiger partial charge in [0.15, 0.2) is 10.8 Å². The molecule has 0 aliphatic heterocycles. The van der Waals surface area contributed by atoms with Gasteiger partial charge < -0.3 is 9.84 Å². The summed E-state index contributed by atoms with van der Waals surface area (Å²) in [7, 11) is 0. The SMILES string of the molecule is Cc1cc(COc2nc(C)n(-c3cc(-c4ccnc(C(C)(C)O)n4)ccc3C)c(=O)c2Cl)c(F)cc1F. The van der Waals surface area contributed by atoms with E-state index >= 15 is 0 Å². The third-order valence-electron chi connectivity index (χ3n) is 5.81. The molecule has 4 aromatic rings. The van der Waals surface area contributed by atoms with Gasteiger partial charge in [0, 0.05) is 23.4 Å². The van der Waals surface area contributed by atoms with Crippen LogP contribution >= 0.6 is 11.6 Å². The Labute approximate surface area is 217 Å². The van der Waals surface area contributed by atoms with E-state index in [4.69, 9.17) is 16.3 Å². The topological polar surface area (TPSA) is 90.1 Å². The number of aryl methyl sites for hydroxylation is 3. The minimum absolute atomic E-state index is 0.109. The Balaban J connectivity index is 1.72. The van der Waals surface area contributed by atoms with Crippen molar-refractivity contribution in [2.45, 2.75) is 46.8 Å². The molecule has 0 atom stereocenters. The molecule has 0 bridgehead atoms. The normalized spacial score (nSPS) is 11.6. The van der Waals surface area contributed by atoms with Crippen molar-refractivity contribution in [2.75, 3.05) is 0 Å². The summed E-state index contributed by atoms with van der Waals surface area (Å²) in [6.45, 7) is 7.88. The molecule has 0 fully saturated rings. The summed E-state index contributed by atoms with van der Waals surface area (Å²) < 4.78 is 34.6. The molecule has 7 nitrogen and oxygen atoms in total. The van der Waals surface area contributed by atoms with Crippen LogP contribution in [-0.2, 0) is 12.2 Å². The van der Waals surface area contributed by atoms with Gasteiger partial charge >= 0.3 is 0 Å². The molecule has 0 spiro atoms. The molecule has 0 saturated heterocycles. The van der Waals surface area contributed by atoms with E-state index in [0.717, 1.165) is 11.6 Å². The van der Waals surface area contributed by atoms with Crippen molar-refractivity contribution in [3.63, 3.8) is 0 Å². The molecule has 0 saturated carbocycles. The smallest absolute Gasteiger partial charge is 0.280 e. The van der Waals surface area contributed by atoms with E-state index in [-0.39, 0.29) is 34.5 Å². The number of benzene rings is 2. The van der Waals surface area contributed by atoms with Gasteiger partial charge in [-0.2, -0.15) is 4.98 Å². The molecule has 0 amide bonds. The number of rotatable bonds is 6. The van der Waals surface area contributed by atoms with Crippen LogP contribution in [0.3, 0.4) is 0 Å². The molecule has 2 heterocycles. The van der Waals surface area contributed by atoms with E-state index in [0.29, 0.717) is 22.8 Å². The van der Waals surface area contributed by atoms with E-state index in [9.17, 15) is 18.7 Å². The molecular weight excluding hydrogens is 502 g/mol. The maximum Gasteiger partial charge on any atom is 0.280 e. The second-order valence-electron chi connectivity index (χ2n) is 9.23. The van der Waals surface area contributed by atoms with Gasteiger partial charge in [0.05, 0.1) is 11.4 Å². The quantitative estimate of drug-likeness (QED) is 0.364. The number of hydrogen-bond acceptors (Lipinski definition) is 6. The maximum atomic E-state index is 14.1. The molecule has 192 valence electrons. The van der Waals surface area contributed by atoms with Crippen LogP contribution in [0, 0.1) is 32.4 Å². The summed E-state index contributed by atoms with van der Waals surface area (Å²) >= 11 is 6.34. The Morgan fingerprint density at radius 3 is 2.46 bits per heavy atom. The first kappa shape index (κ1) is 26.4. The van der Waals surface area contributed by atoms with Crippen molar-refractivity contribution in [3.05, 3.63) is 97.9 Å². The summed E-state index contributed by atoms with van der Waals surface area (Å²) in [5, 5.41) is 10.0. The largest absolute Gasteiger partial charge is 0.471 e. The summed E-state index contributed by atoms with van der Waals surface area (Å²) in [5.41, 5.74) is 1.15. The van der Waals surface area contributed by atoms with Crippen LogP contribution in [0.15, 0.2) is 47.4 Å². The Bertz CT molecular complexity index is 1570. The van der Waals surface area contributed by atoms with Gasteiger partial charge in [-0.1, -0.05) is 23.7 Å². The van der Waals surface area contributed by atoms with Crippen LogP contribution in [0.25, 0.3) is 16.9 Å². The van der Waals surface area contributed by atoms with Crippen LogP contribution < -0.4 is 10.3 Å². The Morgan fingerprint density at radius 2 is 1.76 bits per heavy atom. The first-order valence-electron chi connectivity index (χ1n) is 11.4. The van der Waals surface area contributed by atoms with E-state index in [1.807, 2.05) is 19.1 Å². The van der Waals surface area contributed by atoms with Crippen LogP contribution in [0.5, 0.6) is 5.88 Å². The highest BCUT2D eigenvalue weighted by molar-refractivity contribution is 6.31. The highest BCUT2D eigenvalue weighted by Gasteiger charge is 2.21. The zero-order valence-electron chi connectivity index (χ0n) is 20.9. The van der Waals surface area contributed by atoms with Crippen LogP contribution in [0.2, 0.25) is 5.02 Å². The fraction of sp³-hybridized carbons (Fsp3) is 0.259.